The van der Waals surface area contributed by atoms with E-state index in [9.17, 15) is 0 Å². The van der Waals surface area contributed by atoms with Crippen molar-refractivity contribution in [2.24, 2.45) is 0 Å². The molecule has 0 aliphatic rings. The van der Waals surface area contributed by atoms with Gasteiger partial charge in [0.05, 0.1) is 5.52 Å². The predicted molar refractivity (Wildman–Crippen MR) is 148 cm³/mol. The average molecular weight is 457 g/mol. The molecule has 5 rings (SSSR count). The minimum Gasteiger partial charge on any atom is -0.369 e. The first-order valence-electron chi connectivity index (χ1n) is 11.8. The molecule has 0 fully saturated rings. The highest BCUT2D eigenvalue weighted by atomic mass is 15.0. The van der Waals surface area contributed by atoms with Gasteiger partial charge in [-0.3, -0.25) is 0 Å². The lowest BCUT2D eigenvalue weighted by atomic mass is 9.88. The predicted octanol–water partition coefficient (Wildman–Crippen LogP) is 7.66. The maximum atomic E-state index is 4.95. The molecule has 0 aliphatic carbocycles. The quantitative estimate of drug-likeness (QED) is 0.224. The zero-order valence-corrected chi connectivity index (χ0v) is 19.6. The van der Waals surface area contributed by atoms with E-state index in [1.807, 2.05) is 48.7 Å². The Labute approximate surface area is 205 Å². The standard InChI is InChI=1S/C31H28N4/c1-3-10-22(4-2)26(23-11-6-5-7-12-23)18-20-33-31-27-13-8-9-14-29(27)34-30(35-31)25-15-16-28-24(21-25)17-19-32-28/h3-17,19,21,26,32H,1-2,18,20H2,(H,33,34,35)/b22-10+. The van der Waals surface area contributed by atoms with Crippen molar-refractivity contribution in [2.75, 3.05) is 11.9 Å². The minimum atomic E-state index is 0.211. The molecule has 1 atom stereocenters. The van der Waals surface area contributed by atoms with Crippen molar-refractivity contribution in [2.45, 2.75) is 12.3 Å². The summed E-state index contributed by atoms with van der Waals surface area (Å²) in [7, 11) is 0. The first-order chi connectivity index (χ1) is 17.3. The molecular weight excluding hydrogens is 428 g/mol. The molecule has 5 aromatic rings. The van der Waals surface area contributed by atoms with Gasteiger partial charge in [-0.05, 0) is 54.0 Å². The molecule has 0 radical (unpaired) electrons. The number of para-hydroxylation sites is 1. The summed E-state index contributed by atoms with van der Waals surface area (Å²) in [6, 6.07) is 27.0. The monoisotopic (exact) mass is 456 g/mol. The van der Waals surface area contributed by atoms with Crippen molar-refractivity contribution in [3.63, 3.8) is 0 Å². The maximum Gasteiger partial charge on any atom is 0.162 e. The summed E-state index contributed by atoms with van der Waals surface area (Å²) >= 11 is 0. The van der Waals surface area contributed by atoms with E-state index in [-0.39, 0.29) is 5.92 Å². The van der Waals surface area contributed by atoms with Gasteiger partial charge in [0, 0.05) is 40.5 Å². The number of allylic oxidation sites excluding steroid dienone is 4. The summed E-state index contributed by atoms with van der Waals surface area (Å²) in [4.78, 5) is 13.1. The van der Waals surface area contributed by atoms with E-state index in [0.717, 1.165) is 51.7 Å². The zero-order valence-electron chi connectivity index (χ0n) is 19.6. The number of rotatable bonds is 9. The highest BCUT2D eigenvalue weighted by Gasteiger charge is 2.15. The summed E-state index contributed by atoms with van der Waals surface area (Å²) < 4.78 is 0. The number of hydrogen-bond acceptors (Lipinski definition) is 3. The van der Waals surface area contributed by atoms with Crippen LogP contribution in [-0.2, 0) is 0 Å². The van der Waals surface area contributed by atoms with Crippen LogP contribution in [-0.4, -0.2) is 21.5 Å². The molecule has 2 heterocycles. The Hall–Kier alpha value is -4.44. The first-order valence-corrected chi connectivity index (χ1v) is 11.8. The van der Waals surface area contributed by atoms with Crippen LogP contribution >= 0.6 is 0 Å². The van der Waals surface area contributed by atoms with Gasteiger partial charge in [-0.1, -0.05) is 73.9 Å². The Kier molecular flexibility index (Phi) is 6.53. The second kappa shape index (κ2) is 10.2. The molecule has 2 N–H and O–H groups in total. The van der Waals surface area contributed by atoms with Crippen LogP contribution in [0.3, 0.4) is 0 Å². The maximum absolute atomic E-state index is 4.95. The normalized spacial score (nSPS) is 12.5. The summed E-state index contributed by atoms with van der Waals surface area (Å²) in [6.07, 6.45) is 8.63. The third-order valence-corrected chi connectivity index (χ3v) is 6.29. The Balaban J connectivity index is 1.45. The fraction of sp³-hybridized carbons (Fsp3) is 0.0968. The van der Waals surface area contributed by atoms with Crippen LogP contribution < -0.4 is 5.32 Å². The van der Waals surface area contributed by atoms with Gasteiger partial charge in [0.2, 0.25) is 0 Å². The van der Waals surface area contributed by atoms with Crippen LogP contribution in [0.5, 0.6) is 0 Å². The molecular formula is C31H28N4. The van der Waals surface area contributed by atoms with E-state index in [1.54, 1.807) is 0 Å². The lowest BCUT2D eigenvalue weighted by molar-refractivity contribution is 0.743. The van der Waals surface area contributed by atoms with Crippen molar-refractivity contribution in [3.8, 4) is 11.4 Å². The van der Waals surface area contributed by atoms with Crippen molar-refractivity contribution in [3.05, 3.63) is 128 Å². The number of aromatic nitrogens is 3. The molecule has 0 saturated carbocycles. The lowest BCUT2D eigenvalue weighted by Crippen LogP contribution is -2.11. The Morgan fingerprint density at radius 2 is 1.77 bits per heavy atom. The van der Waals surface area contributed by atoms with Gasteiger partial charge in [-0.15, -0.1) is 0 Å². The second-order valence-corrected chi connectivity index (χ2v) is 8.48. The number of benzene rings is 3. The molecule has 0 aliphatic heterocycles. The van der Waals surface area contributed by atoms with Crippen molar-refractivity contribution in [1.82, 2.24) is 15.0 Å². The molecule has 4 nitrogen and oxygen atoms in total. The van der Waals surface area contributed by atoms with E-state index >= 15 is 0 Å². The third-order valence-electron chi connectivity index (χ3n) is 6.29. The molecule has 0 amide bonds. The fourth-order valence-electron chi connectivity index (χ4n) is 4.54. The smallest absolute Gasteiger partial charge is 0.162 e. The third kappa shape index (κ3) is 4.78. The van der Waals surface area contributed by atoms with Crippen LogP contribution in [0.4, 0.5) is 5.82 Å². The van der Waals surface area contributed by atoms with Crippen molar-refractivity contribution < 1.29 is 0 Å². The Morgan fingerprint density at radius 3 is 2.60 bits per heavy atom. The summed E-state index contributed by atoms with van der Waals surface area (Å²) in [6.45, 7) is 8.67. The molecule has 2 aromatic heterocycles. The van der Waals surface area contributed by atoms with Gasteiger partial charge in [-0.25, -0.2) is 9.97 Å². The molecule has 4 heteroatoms. The first kappa shape index (κ1) is 22.4. The Morgan fingerprint density at radius 1 is 0.943 bits per heavy atom. The van der Waals surface area contributed by atoms with Gasteiger partial charge >= 0.3 is 0 Å². The van der Waals surface area contributed by atoms with Gasteiger partial charge in [0.1, 0.15) is 5.82 Å². The summed E-state index contributed by atoms with van der Waals surface area (Å²) in [5, 5.41) is 5.77. The number of nitrogens with zero attached hydrogens (tertiary/aromatic N) is 2. The molecule has 0 saturated heterocycles. The van der Waals surface area contributed by atoms with Crippen molar-refractivity contribution >= 4 is 27.6 Å². The van der Waals surface area contributed by atoms with Gasteiger partial charge in [-0.2, -0.15) is 0 Å². The largest absolute Gasteiger partial charge is 0.369 e. The fourth-order valence-corrected chi connectivity index (χ4v) is 4.54. The number of hydrogen-bond donors (Lipinski definition) is 2. The van der Waals surface area contributed by atoms with E-state index < -0.39 is 0 Å². The highest BCUT2D eigenvalue weighted by molar-refractivity contribution is 5.91. The van der Waals surface area contributed by atoms with Gasteiger partial charge in [0.25, 0.3) is 0 Å². The molecule has 0 spiro atoms. The SMILES string of the molecule is C=C/C=C(\C=C)C(CCNc1nc(-c2ccc3[nH]ccc3c2)nc2ccccc12)c1ccccc1. The summed E-state index contributed by atoms with van der Waals surface area (Å²) in [5.41, 5.74) is 5.44. The van der Waals surface area contributed by atoms with E-state index in [1.165, 1.54) is 5.56 Å². The molecule has 35 heavy (non-hydrogen) atoms. The number of aromatic amines is 1. The van der Waals surface area contributed by atoms with E-state index in [4.69, 9.17) is 9.97 Å². The highest BCUT2D eigenvalue weighted by Crippen LogP contribution is 2.30. The number of H-pyrrole nitrogens is 1. The van der Waals surface area contributed by atoms with Crippen LogP contribution in [0, 0.1) is 0 Å². The van der Waals surface area contributed by atoms with E-state index in [2.05, 4.69) is 78.1 Å². The lowest BCUT2D eigenvalue weighted by Gasteiger charge is -2.20. The van der Waals surface area contributed by atoms with Crippen LogP contribution in [0.2, 0.25) is 0 Å². The second-order valence-electron chi connectivity index (χ2n) is 8.48. The molecule has 3 aromatic carbocycles. The van der Waals surface area contributed by atoms with Crippen LogP contribution in [0.25, 0.3) is 33.2 Å². The van der Waals surface area contributed by atoms with Crippen LogP contribution in [0.15, 0.2) is 122 Å². The molecule has 172 valence electrons. The minimum absolute atomic E-state index is 0.211. The number of anilines is 1. The topological polar surface area (TPSA) is 53.6 Å². The number of nitrogens with one attached hydrogen (secondary N) is 2. The zero-order chi connectivity index (χ0) is 24.0. The molecule has 1 unspecified atom stereocenters. The summed E-state index contributed by atoms with van der Waals surface area (Å²) in [5.74, 6) is 1.77. The number of fused-ring (bicyclic) bond motifs is 2. The van der Waals surface area contributed by atoms with E-state index in [0.29, 0.717) is 5.82 Å². The van der Waals surface area contributed by atoms with Gasteiger partial charge < -0.3 is 10.3 Å². The van der Waals surface area contributed by atoms with Crippen molar-refractivity contribution in [1.29, 1.82) is 0 Å². The average Bonchev–Trinajstić information content (AvgIpc) is 3.38. The Bertz CT molecular complexity index is 1510. The molecule has 0 bridgehead atoms. The van der Waals surface area contributed by atoms with Crippen LogP contribution in [0.1, 0.15) is 17.9 Å². The van der Waals surface area contributed by atoms with Gasteiger partial charge in [0.15, 0.2) is 5.82 Å².